The molecule has 1 unspecified atom stereocenters. The summed E-state index contributed by atoms with van der Waals surface area (Å²) in [5.41, 5.74) is -0.0392. The minimum absolute atomic E-state index is 0.0189. The number of amides is 1. The van der Waals surface area contributed by atoms with Gasteiger partial charge in [-0.25, -0.2) is 0 Å². The van der Waals surface area contributed by atoms with Crippen LogP contribution < -0.4 is 5.32 Å². The third-order valence-corrected chi connectivity index (χ3v) is 5.26. The molecule has 20 heavy (non-hydrogen) atoms. The molecule has 4 heteroatoms. The first-order valence-corrected chi connectivity index (χ1v) is 8.22. The minimum Gasteiger partial charge on any atom is -0.339 e. The Kier molecular flexibility index (Phi) is 5.33. The van der Waals surface area contributed by atoms with Crippen LogP contribution in [-0.4, -0.2) is 42.2 Å². The van der Waals surface area contributed by atoms with Gasteiger partial charge >= 0.3 is 0 Å². The summed E-state index contributed by atoms with van der Waals surface area (Å²) in [5.74, 6) is 0.285. The Morgan fingerprint density at radius 2 is 2.05 bits per heavy atom. The van der Waals surface area contributed by atoms with Crippen molar-refractivity contribution in [1.29, 1.82) is 0 Å². The van der Waals surface area contributed by atoms with Crippen molar-refractivity contribution >= 4 is 17.7 Å². The number of hydrogen-bond acceptors (Lipinski definition) is 3. The molecular formula is C16H25N2OS. The fraction of sp³-hybridized carbons (Fsp3) is 0.625. The Bertz CT molecular complexity index is 403. The van der Waals surface area contributed by atoms with E-state index in [0.717, 1.165) is 32.6 Å². The number of allylic oxidation sites excluding steroid dienone is 3. The van der Waals surface area contributed by atoms with Crippen LogP contribution in [0.25, 0.3) is 0 Å². The van der Waals surface area contributed by atoms with Crippen LogP contribution in [0.5, 0.6) is 0 Å². The highest BCUT2D eigenvalue weighted by Crippen LogP contribution is 2.37. The van der Waals surface area contributed by atoms with Crippen molar-refractivity contribution in [2.24, 2.45) is 5.41 Å². The van der Waals surface area contributed by atoms with Crippen molar-refractivity contribution in [3.05, 3.63) is 29.6 Å². The molecule has 0 aromatic rings. The van der Waals surface area contributed by atoms with Gasteiger partial charge in [0.2, 0.25) is 5.91 Å². The highest BCUT2D eigenvalue weighted by Gasteiger charge is 2.35. The summed E-state index contributed by atoms with van der Waals surface area (Å²) in [6.45, 7) is 9.94. The maximum Gasteiger partial charge on any atom is 0.236 e. The van der Waals surface area contributed by atoms with Crippen LogP contribution in [0.1, 0.15) is 27.2 Å². The molecule has 1 aliphatic heterocycles. The Morgan fingerprint density at radius 3 is 2.60 bits per heavy atom. The summed E-state index contributed by atoms with van der Waals surface area (Å²) >= 11 is 1.72. The third kappa shape index (κ3) is 4.13. The van der Waals surface area contributed by atoms with E-state index in [4.69, 9.17) is 0 Å². The fourth-order valence-corrected chi connectivity index (χ4v) is 3.59. The largest absolute Gasteiger partial charge is 0.339 e. The van der Waals surface area contributed by atoms with Crippen molar-refractivity contribution in [2.75, 3.05) is 26.2 Å². The molecule has 0 spiro atoms. The van der Waals surface area contributed by atoms with E-state index >= 15 is 0 Å². The molecule has 1 amide bonds. The Balaban J connectivity index is 2.08. The summed E-state index contributed by atoms with van der Waals surface area (Å²) in [6.07, 6.45) is 9.50. The predicted octanol–water partition coefficient (Wildman–Crippen LogP) is 2.61. The summed E-state index contributed by atoms with van der Waals surface area (Å²) < 4.78 is 0. The summed E-state index contributed by atoms with van der Waals surface area (Å²) in [7, 11) is 0. The first-order chi connectivity index (χ1) is 9.48. The van der Waals surface area contributed by atoms with Gasteiger partial charge in [-0.1, -0.05) is 39.0 Å². The van der Waals surface area contributed by atoms with Gasteiger partial charge in [0.15, 0.2) is 0 Å². The van der Waals surface area contributed by atoms with Crippen LogP contribution in [-0.2, 0) is 4.79 Å². The second-order valence-corrected chi connectivity index (χ2v) is 7.55. The van der Waals surface area contributed by atoms with Gasteiger partial charge in [-0.3, -0.25) is 4.79 Å². The van der Waals surface area contributed by atoms with Gasteiger partial charge in [0.1, 0.15) is 0 Å². The van der Waals surface area contributed by atoms with Crippen LogP contribution in [0.2, 0.25) is 0 Å². The first kappa shape index (κ1) is 15.6. The van der Waals surface area contributed by atoms with Gasteiger partial charge in [-0.15, -0.1) is 11.8 Å². The van der Waals surface area contributed by atoms with Crippen molar-refractivity contribution in [2.45, 2.75) is 32.4 Å². The normalized spacial score (nSPS) is 21.6. The van der Waals surface area contributed by atoms with Crippen LogP contribution in [0.4, 0.5) is 0 Å². The van der Waals surface area contributed by atoms with Gasteiger partial charge in [0.05, 0.1) is 5.25 Å². The number of carbonyl (C=O) groups excluding carboxylic acids is 1. The van der Waals surface area contributed by atoms with Gasteiger partial charge in [0.25, 0.3) is 0 Å². The average molecular weight is 293 g/mol. The lowest BCUT2D eigenvalue weighted by atomic mass is 9.90. The molecule has 1 N–H and O–H groups in total. The highest BCUT2D eigenvalue weighted by atomic mass is 32.2. The van der Waals surface area contributed by atoms with Gasteiger partial charge < -0.3 is 10.2 Å². The first-order valence-electron chi connectivity index (χ1n) is 7.34. The molecule has 0 aromatic heterocycles. The fourth-order valence-electron chi connectivity index (χ4n) is 2.37. The van der Waals surface area contributed by atoms with E-state index in [2.05, 4.69) is 50.7 Å². The molecule has 1 heterocycles. The number of carbonyl (C=O) groups is 1. The van der Waals surface area contributed by atoms with Crippen LogP contribution in [0, 0.1) is 11.8 Å². The number of piperazine rings is 1. The molecule has 1 saturated heterocycles. The second-order valence-electron chi connectivity index (χ2n) is 6.38. The zero-order chi connectivity index (χ0) is 14.6. The second kappa shape index (κ2) is 6.81. The Hall–Kier alpha value is -0.740. The Morgan fingerprint density at radius 1 is 1.35 bits per heavy atom. The van der Waals surface area contributed by atoms with E-state index in [1.807, 2.05) is 4.90 Å². The molecule has 1 aliphatic carbocycles. The highest BCUT2D eigenvalue weighted by molar-refractivity contribution is 8.04. The number of rotatable bonds is 3. The molecule has 2 rings (SSSR count). The summed E-state index contributed by atoms with van der Waals surface area (Å²) in [5, 5.41) is 3.28. The van der Waals surface area contributed by atoms with E-state index in [-0.39, 0.29) is 16.6 Å². The lowest BCUT2D eigenvalue weighted by Crippen LogP contribution is -2.51. The maximum atomic E-state index is 12.8. The molecule has 1 radical (unpaired) electrons. The predicted molar refractivity (Wildman–Crippen MR) is 86.4 cm³/mol. The van der Waals surface area contributed by atoms with E-state index in [1.165, 1.54) is 4.91 Å². The Labute approximate surface area is 126 Å². The van der Waals surface area contributed by atoms with Crippen molar-refractivity contribution in [3.63, 3.8) is 0 Å². The SMILES string of the molecule is CC(C)(C)C(SC1=CC[CH]C=C1)C(=O)N1CCNCC1. The smallest absolute Gasteiger partial charge is 0.236 e. The van der Waals surface area contributed by atoms with Gasteiger partial charge in [-0.2, -0.15) is 0 Å². The maximum absolute atomic E-state index is 12.8. The summed E-state index contributed by atoms with van der Waals surface area (Å²) in [6, 6.07) is 0. The van der Waals surface area contributed by atoms with Crippen LogP contribution in [0.15, 0.2) is 23.1 Å². The lowest BCUT2D eigenvalue weighted by Gasteiger charge is -2.36. The molecule has 1 fully saturated rings. The lowest BCUT2D eigenvalue weighted by molar-refractivity contribution is -0.132. The van der Waals surface area contributed by atoms with Crippen LogP contribution in [0.3, 0.4) is 0 Å². The number of nitrogens with zero attached hydrogens (tertiary/aromatic N) is 1. The molecule has 0 aromatic carbocycles. The zero-order valence-corrected chi connectivity index (χ0v) is 13.5. The molecule has 0 saturated carbocycles. The molecule has 3 nitrogen and oxygen atoms in total. The molecule has 0 bridgehead atoms. The monoisotopic (exact) mass is 293 g/mol. The standard InChI is InChI=1S/C16H25N2OS/c1-16(2,3)14(20-13-7-5-4-6-8-13)15(19)18-11-9-17-10-12-18/h4-5,7-8,14,17H,6,9-12H2,1-3H3. The quantitative estimate of drug-likeness (QED) is 0.868. The van der Waals surface area contributed by atoms with Crippen molar-refractivity contribution in [1.82, 2.24) is 10.2 Å². The molecule has 111 valence electrons. The van der Waals surface area contributed by atoms with Crippen LogP contribution >= 0.6 is 11.8 Å². The minimum atomic E-state index is -0.0392. The molecule has 1 atom stereocenters. The van der Waals surface area contributed by atoms with E-state index in [1.54, 1.807) is 11.8 Å². The third-order valence-electron chi connectivity index (χ3n) is 3.55. The van der Waals surface area contributed by atoms with Crippen molar-refractivity contribution in [3.8, 4) is 0 Å². The number of hydrogen-bond donors (Lipinski definition) is 1. The topological polar surface area (TPSA) is 32.3 Å². The zero-order valence-electron chi connectivity index (χ0n) is 12.7. The number of thioether (sulfide) groups is 1. The summed E-state index contributed by atoms with van der Waals surface area (Å²) in [4.78, 5) is 16.1. The average Bonchev–Trinajstić information content (AvgIpc) is 2.45. The van der Waals surface area contributed by atoms with Gasteiger partial charge in [0, 0.05) is 31.1 Å². The number of nitrogens with one attached hydrogen (secondary N) is 1. The van der Waals surface area contributed by atoms with Gasteiger partial charge in [-0.05, 0) is 18.3 Å². The van der Waals surface area contributed by atoms with Crippen molar-refractivity contribution < 1.29 is 4.79 Å². The molecular weight excluding hydrogens is 268 g/mol. The van der Waals surface area contributed by atoms with E-state index in [0.29, 0.717) is 0 Å². The molecule has 2 aliphatic rings. The van der Waals surface area contributed by atoms with E-state index in [9.17, 15) is 4.79 Å². The van der Waals surface area contributed by atoms with E-state index < -0.39 is 0 Å².